The van der Waals surface area contributed by atoms with Crippen LogP contribution in [-0.4, -0.2) is 0 Å². The molecule has 0 N–H and O–H groups in total. The molecule has 0 saturated heterocycles. The van der Waals surface area contributed by atoms with E-state index in [9.17, 15) is 0 Å². The zero-order valence-electron chi connectivity index (χ0n) is 31.7. The molecule has 0 radical (unpaired) electrons. The molecule has 272 valence electrons. The van der Waals surface area contributed by atoms with Crippen LogP contribution in [0.1, 0.15) is 6.42 Å². The summed E-state index contributed by atoms with van der Waals surface area (Å²) in [5.41, 5.74) is 16.3. The maximum Gasteiger partial charge on any atom is 0.0462 e. The van der Waals surface area contributed by atoms with Gasteiger partial charge in [-0.1, -0.05) is 170 Å². The van der Waals surface area contributed by atoms with Gasteiger partial charge in [0.2, 0.25) is 0 Å². The van der Waals surface area contributed by atoms with Gasteiger partial charge in [0.1, 0.15) is 0 Å². The highest BCUT2D eigenvalue weighted by Crippen LogP contribution is 2.38. The molecule has 0 saturated carbocycles. The van der Waals surface area contributed by atoms with Gasteiger partial charge in [-0.3, -0.25) is 0 Å². The van der Waals surface area contributed by atoms with Crippen molar-refractivity contribution in [3.05, 3.63) is 248 Å². The van der Waals surface area contributed by atoms with Crippen molar-refractivity contribution in [3.63, 3.8) is 0 Å². The van der Waals surface area contributed by atoms with Gasteiger partial charge < -0.3 is 9.80 Å². The van der Waals surface area contributed by atoms with Crippen molar-refractivity contribution in [1.29, 1.82) is 0 Å². The maximum absolute atomic E-state index is 2.33. The second kappa shape index (κ2) is 16.5. The van der Waals surface area contributed by atoms with Gasteiger partial charge in [-0.05, 0) is 124 Å². The first-order chi connectivity index (χ1) is 28.3. The van der Waals surface area contributed by atoms with Crippen molar-refractivity contribution in [2.24, 2.45) is 0 Å². The van der Waals surface area contributed by atoms with E-state index in [1.54, 1.807) is 0 Å². The predicted octanol–water partition coefficient (Wildman–Crippen LogP) is 15.4. The Kier molecular flexibility index (Phi) is 10.2. The summed E-state index contributed by atoms with van der Waals surface area (Å²) in [6.07, 6.45) is 11.9. The molecule has 0 aromatic heterocycles. The molecule has 0 heterocycles. The third-order valence-electron chi connectivity index (χ3n) is 10.5. The molecule has 0 bridgehead atoms. The number of para-hydroxylation sites is 1. The first-order valence-corrected chi connectivity index (χ1v) is 19.6. The molecule has 57 heavy (non-hydrogen) atoms. The molecule has 0 atom stereocenters. The lowest BCUT2D eigenvalue weighted by molar-refractivity contribution is 1.21. The van der Waals surface area contributed by atoms with Gasteiger partial charge in [-0.2, -0.15) is 0 Å². The van der Waals surface area contributed by atoms with Crippen LogP contribution in [0.15, 0.2) is 248 Å². The summed E-state index contributed by atoms with van der Waals surface area (Å²) in [4.78, 5) is 4.64. The van der Waals surface area contributed by atoms with Gasteiger partial charge in [0.05, 0.1) is 0 Å². The molecular weight excluding hydrogens is 689 g/mol. The van der Waals surface area contributed by atoms with E-state index < -0.39 is 0 Å². The largest absolute Gasteiger partial charge is 0.311 e. The quantitative estimate of drug-likeness (QED) is 0.138. The minimum atomic E-state index is 0.927. The average Bonchev–Trinajstić information content (AvgIpc) is 3.58. The van der Waals surface area contributed by atoms with Crippen LogP contribution in [0.4, 0.5) is 28.4 Å². The Labute approximate surface area is 336 Å². The second-order valence-electron chi connectivity index (χ2n) is 14.2. The Morgan fingerprint density at radius 2 is 0.561 bits per heavy atom. The lowest BCUT2D eigenvalue weighted by Gasteiger charge is -2.26. The number of hydrogen-bond donors (Lipinski definition) is 0. The first-order valence-electron chi connectivity index (χ1n) is 19.6. The van der Waals surface area contributed by atoms with E-state index in [2.05, 4.69) is 253 Å². The zero-order valence-corrected chi connectivity index (χ0v) is 31.7. The molecule has 8 aromatic rings. The van der Waals surface area contributed by atoms with Gasteiger partial charge in [-0.15, -0.1) is 0 Å². The molecule has 1 aliphatic rings. The number of anilines is 5. The standard InChI is InChI=1S/C55H42N2/c1-2-11-19-50(18-10-1)56(52-34-26-46(27-35-52)42-14-6-3-7-15-42)54-38-30-48(31-39-54)44-22-24-45(25-23-44)49-32-40-55(41-33-49)57(51-20-12-5-13-21-51)53-36-28-47(29-37-53)43-16-8-4-9-17-43/h1,3-41H,2H2. The molecule has 9 rings (SSSR count). The topological polar surface area (TPSA) is 6.48 Å². The van der Waals surface area contributed by atoms with E-state index in [-0.39, 0.29) is 0 Å². The molecule has 0 fully saturated rings. The molecule has 0 spiro atoms. The van der Waals surface area contributed by atoms with Crippen LogP contribution in [0.3, 0.4) is 0 Å². The normalized spacial score (nSPS) is 12.1. The van der Waals surface area contributed by atoms with Crippen LogP contribution in [0, 0.1) is 0 Å². The van der Waals surface area contributed by atoms with Crippen molar-refractivity contribution in [3.8, 4) is 44.5 Å². The highest BCUT2D eigenvalue weighted by Gasteiger charge is 2.16. The lowest BCUT2D eigenvalue weighted by Crippen LogP contribution is -2.15. The summed E-state index contributed by atoms with van der Waals surface area (Å²) in [5, 5.41) is 0. The fourth-order valence-electron chi connectivity index (χ4n) is 7.52. The Hall–Kier alpha value is -7.42. The summed E-state index contributed by atoms with van der Waals surface area (Å²) >= 11 is 0. The van der Waals surface area contributed by atoms with Crippen molar-refractivity contribution in [2.45, 2.75) is 6.42 Å². The van der Waals surface area contributed by atoms with E-state index in [1.165, 1.54) is 44.5 Å². The smallest absolute Gasteiger partial charge is 0.0462 e. The zero-order chi connectivity index (χ0) is 38.2. The van der Waals surface area contributed by atoms with Crippen LogP contribution >= 0.6 is 0 Å². The van der Waals surface area contributed by atoms with E-state index in [0.717, 1.165) is 40.6 Å². The summed E-state index contributed by atoms with van der Waals surface area (Å²) in [7, 11) is 0. The van der Waals surface area contributed by atoms with Crippen molar-refractivity contribution in [2.75, 3.05) is 9.80 Å². The molecule has 8 aromatic carbocycles. The monoisotopic (exact) mass is 730 g/mol. The number of allylic oxidation sites excluding steroid dienone is 5. The number of rotatable bonds is 10. The van der Waals surface area contributed by atoms with Gasteiger partial charge in [0.15, 0.2) is 0 Å². The first kappa shape index (κ1) is 35.3. The van der Waals surface area contributed by atoms with Crippen LogP contribution in [0.2, 0.25) is 0 Å². The highest BCUT2D eigenvalue weighted by atomic mass is 15.1. The van der Waals surface area contributed by atoms with E-state index in [0.29, 0.717) is 0 Å². The fourth-order valence-corrected chi connectivity index (χ4v) is 7.52. The van der Waals surface area contributed by atoms with Crippen molar-refractivity contribution in [1.82, 2.24) is 0 Å². The Morgan fingerprint density at radius 1 is 0.263 bits per heavy atom. The average molecular weight is 731 g/mol. The van der Waals surface area contributed by atoms with Gasteiger partial charge in [0.25, 0.3) is 0 Å². The Morgan fingerprint density at radius 3 is 0.947 bits per heavy atom. The van der Waals surface area contributed by atoms with E-state index in [1.807, 2.05) is 0 Å². The minimum absolute atomic E-state index is 0.927. The van der Waals surface area contributed by atoms with Gasteiger partial charge >= 0.3 is 0 Å². The third kappa shape index (κ3) is 7.89. The number of nitrogens with zero attached hydrogens (tertiary/aromatic N) is 2. The molecule has 2 heteroatoms. The van der Waals surface area contributed by atoms with Crippen LogP contribution in [0.5, 0.6) is 0 Å². The van der Waals surface area contributed by atoms with Gasteiger partial charge in [-0.25, -0.2) is 0 Å². The fraction of sp³-hybridized carbons (Fsp3) is 0.0182. The molecule has 0 unspecified atom stereocenters. The third-order valence-corrected chi connectivity index (χ3v) is 10.5. The van der Waals surface area contributed by atoms with E-state index >= 15 is 0 Å². The lowest BCUT2D eigenvalue weighted by atomic mass is 9.99. The maximum atomic E-state index is 2.33. The molecule has 0 amide bonds. The SMILES string of the molecule is C1=CCC=CC(N(c2ccc(-c3ccccc3)cc2)c2ccc(-c3ccc(-c4ccc(N(c5ccccc5)c5ccc(-c6ccccc6)cc5)cc4)cc3)cc2)=C1. The summed E-state index contributed by atoms with van der Waals surface area (Å²) in [5.74, 6) is 0. The summed E-state index contributed by atoms with van der Waals surface area (Å²) in [6, 6.07) is 76.0. The molecule has 0 aliphatic heterocycles. The van der Waals surface area contributed by atoms with Crippen molar-refractivity contribution >= 4 is 28.4 Å². The minimum Gasteiger partial charge on any atom is -0.311 e. The molecule has 2 nitrogen and oxygen atoms in total. The van der Waals surface area contributed by atoms with Crippen LogP contribution < -0.4 is 9.80 Å². The van der Waals surface area contributed by atoms with Crippen LogP contribution in [-0.2, 0) is 0 Å². The van der Waals surface area contributed by atoms with Crippen LogP contribution in [0.25, 0.3) is 44.5 Å². The molecule has 1 aliphatic carbocycles. The number of hydrogen-bond acceptors (Lipinski definition) is 2. The second-order valence-corrected chi connectivity index (χ2v) is 14.2. The molecular formula is C55H42N2. The summed E-state index contributed by atoms with van der Waals surface area (Å²) < 4.78 is 0. The number of benzene rings is 8. The Bertz CT molecular complexity index is 2620. The van der Waals surface area contributed by atoms with Gasteiger partial charge in [0, 0.05) is 34.1 Å². The van der Waals surface area contributed by atoms with E-state index in [4.69, 9.17) is 0 Å². The predicted molar refractivity (Wildman–Crippen MR) is 242 cm³/mol. The Balaban J connectivity index is 0.948. The highest BCUT2D eigenvalue weighted by molar-refractivity contribution is 5.81. The van der Waals surface area contributed by atoms with Crippen molar-refractivity contribution < 1.29 is 0 Å². The summed E-state index contributed by atoms with van der Waals surface area (Å²) in [6.45, 7) is 0.